The standard InChI is InChI=1S/C16H23FN2S/c1-5-16(6-2)10-20-15(19-16)18-12(4)13-8-7-11(3)14(17)9-13/h7-9,12H,5-6,10H2,1-4H3,(H,18,19). The number of benzene rings is 1. The van der Waals surface area contributed by atoms with Gasteiger partial charge in [0.2, 0.25) is 0 Å². The molecule has 1 aromatic carbocycles. The number of amidine groups is 1. The van der Waals surface area contributed by atoms with Crippen LogP contribution in [-0.2, 0) is 0 Å². The normalized spacial score (nSPS) is 20.9. The zero-order valence-electron chi connectivity index (χ0n) is 12.7. The van der Waals surface area contributed by atoms with Gasteiger partial charge < -0.3 is 5.32 Å². The molecule has 2 nitrogen and oxygen atoms in total. The molecule has 1 aliphatic heterocycles. The van der Waals surface area contributed by atoms with E-state index in [0.29, 0.717) is 5.56 Å². The molecule has 0 aliphatic carbocycles. The lowest BCUT2D eigenvalue weighted by atomic mass is 9.96. The quantitative estimate of drug-likeness (QED) is 0.887. The average molecular weight is 294 g/mol. The number of aliphatic imine (C=N–C) groups is 1. The van der Waals surface area contributed by atoms with E-state index in [4.69, 9.17) is 4.99 Å². The first-order valence-corrected chi connectivity index (χ1v) is 8.23. The van der Waals surface area contributed by atoms with Crippen LogP contribution in [-0.4, -0.2) is 16.5 Å². The number of aryl methyl sites for hydroxylation is 1. The smallest absolute Gasteiger partial charge is 0.157 e. The summed E-state index contributed by atoms with van der Waals surface area (Å²) in [4.78, 5) is 4.71. The summed E-state index contributed by atoms with van der Waals surface area (Å²) in [5.74, 6) is 0.909. The molecule has 1 unspecified atom stereocenters. The van der Waals surface area contributed by atoms with Crippen molar-refractivity contribution < 1.29 is 4.39 Å². The zero-order valence-corrected chi connectivity index (χ0v) is 13.5. The number of nitrogens with one attached hydrogen (secondary N) is 1. The van der Waals surface area contributed by atoms with E-state index in [2.05, 4.69) is 19.2 Å². The van der Waals surface area contributed by atoms with Crippen molar-refractivity contribution >= 4 is 16.9 Å². The number of hydrogen-bond acceptors (Lipinski definition) is 2. The Balaban J connectivity index is 2.13. The molecule has 110 valence electrons. The fourth-order valence-electron chi connectivity index (χ4n) is 2.33. The van der Waals surface area contributed by atoms with Gasteiger partial charge in [0.15, 0.2) is 5.17 Å². The first-order chi connectivity index (χ1) is 9.49. The Hall–Kier alpha value is -1.03. The highest BCUT2D eigenvalue weighted by molar-refractivity contribution is 8.14. The summed E-state index contributed by atoms with van der Waals surface area (Å²) in [5.41, 5.74) is 1.79. The van der Waals surface area contributed by atoms with Gasteiger partial charge >= 0.3 is 0 Å². The predicted octanol–water partition coefficient (Wildman–Crippen LogP) is 4.45. The highest BCUT2D eigenvalue weighted by Gasteiger charge is 2.33. The molecule has 0 spiro atoms. The van der Waals surface area contributed by atoms with E-state index in [0.717, 1.165) is 29.3 Å². The first-order valence-electron chi connectivity index (χ1n) is 7.24. The van der Waals surface area contributed by atoms with Gasteiger partial charge in [-0.15, -0.1) is 0 Å². The molecule has 1 heterocycles. The van der Waals surface area contributed by atoms with Crippen LogP contribution in [0.4, 0.5) is 4.39 Å². The maximum Gasteiger partial charge on any atom is 0.157 e. The molecule has 1 fully saturated rings. The number of thioether (sulfide) groups is 1. The van der Waals surface area contributed by atoms with Crippen LogP contribution in [0.25, 0.3) is 0 Å². The minimum absolute atomic E-state index is 0.0235. The predicted molar refractivity (Wildman–Crippen MR) is 85.9 cm³/mol. The van der Waals surface area contributed by atoms with E-state index in [1.807, 2.05) is 19.1 Å². The van der Waals surface area contributed by atoms with Gasteiger partial charge in [0.25, 0.3) is 0 Å². The van der Waals surface area contributed by atoms with E-state index < -0.39 is 0 Å². The fourth-order valence-corrected chi connectivity index (χ4v) is 3.74. The van der Waals surface area contributed by atoms with Gasteiger partial charge in [-0.1, -0.05) is 37.7 Å². The zero-order chi connectivity index (χ0) is 14.8. The number of nitrogens with zero attached hydrogens (tertiary/aromatic N) is 1. The summed E-state index contributed by atoms with van der Waals surface area (Å²) in [7, 11) is 0. The van der Waals surface area contributed by atoms with Crippen molar-refractivity contribution in [1.82, 2.24) is 5.32 Å². The lowest BCUT2D eigenvalue weighted by molar-refractivity contribution is 0.407. The summed E-state index contributed by atoms with van der Waals surface area (Å²) >= 11 is 1.77. The minimum atomic E-state index is -0.155. The molecule has 0 amide bonds. The topological polar surface area (TPSA) is 24.4 Å². The van der Waals surface area contributed by atoms with Crippen LogP contribution in [0, 0.1) is 12.7 Å². The summed E-state index contributed by atoms with van der Waals surface area (Å²) in [6, 6.07) is 5.35. The van der Waals surface area contributed by atoms with Crippen LogP contribution in [0.5, 0.6) is 0 Å². The van der Waals surface area contributed by atoms with E-state index >= 15 is 0 Å². The van der Waals surface area contributed by atoms with Gasteiger partial charge in [0, 0.05) is 11.3 Å². The van der Waals surface area contributed by atoms with Crippen molar-refractivity contribution in [3.05, 3.63) is 35.1 Å². The molecule has 20 heavy (non-hydrogen) atoms. The van der Waals surface area contributed by atoms with E-state index in [1.165, 1.54) is 0 Å². The molecule has 1 saturated heterocycles. The van der Waals surface area contributed by atoms with Crippen molar-refractivity contribution in [2.24, 2.45) is 4.99 Å². The second kappa shape index (κ2) is 6.17. The molecule has 1 aromatic rings. The van der Waals surface area contributed by atoms with Crippen molar-refractivity contribution in [2.75, 3.05) is 5.75 Å². The lowest BCUT2D eigenvalue weighted by Crippen LogP contribution is -2.42. The Bertz CT molecular complexity index is 509. The van der Waals surface area contributed by atoms with Crippen molar-refractivity contribution in [3.8, 4) is 0 Å². The summed E-state index contributed by atoms with van der Waals surface area (Å²) in [5, 5.41) is 4.54. The van der Waals surface area contributed by atoms with Gasteiger partial charge in [-0.25, -0.2) is 4.39 Å². The molecule has 0 aromatic heterocycles. The second-order valence-corrected chi connectivity index (χ2v) is 6.48. The number of rotatable bonds is 4. The number of hydrogen-bond donors (Lipinski definition) is 1. The van der Waals surface area contributed by atoms with Gasteiger partial charge in [-0.2, -0.15) is 0 Å². The molecular weight excluding hydrogens is 271 g/mol. The molecule has 0 radical (unpaired) electrons. The number of halogens is 1. The molecule has 0 bridgehead atoms. The van der Waals surface area contributed by atoms with Gasteiger partial charge in [-0.3, -0.25) is 4.99 Å². The Morgan fingerprint density at radius 3 is 2.65 bits per heavy atom. The largest absolute Gasteiger partial charge is 0.359 e. The molecule has 1 N–H and O–H groups in total. The van der Waals surface area contributed by atoms with Crippen LogP contribution in [0.2, 0.25) is 0 Å². The molecule has 4 heteroatoms. The minimum Gasteiger partial charge on any atom is -0.359 e. The first kappa shape index (κ1) is 15.4. The van der Waals surface area contributed by atoms with Crippen molar-refractivity contribution in [2.45, 2.75) is 52.1 Å². The van der Waals surface area contributed by atoms with Crippen LogP contribution in [0.15, 0.2) is 23.2 Å². The third-order valence-electron chi connectivity index (χ3n) is 4.20. The Morgan fingerprint density at radius 1 is 1.40 bits per heavy atom. The molecule has 2 rings (SSSR count). The Morgan fingerprint density at radius 2 is 2.10 bits per heavy atom. The lowest BCUT2D eigenvalue weighted by Gasteiger charge is -2.25. The van der Waals surface area contributed by atoms with E-state index in [9.17, 15) is 4.39 Å². The monoisotopic (exact) mass is 294 g/mol. The molecular formula is C16H23FN2S. The Labute approximate surface area is 125 Å². The maximum absolute atomic E-state index is 13.6. The molecule has 1 aliphatic rings. The average Bonchev–Trinajstić information content (AvgIpc) is 2.86. The summed E-state index contributed by atoms with van der Waals surface area (Å²) in [6.07, 6.45) is 2.20. The van der Waals surface area contributed by atoms with Crippen molar-refractivity contribution in [3.63, 3.8) is 0 Å². The van der Waals surface area contributed by atoms with Crippen LogP contribution < -0.4 is 5.32 Å². The summed E-state index contributed by atoms with van der Waals surface area (Å²) in [6.45, 7) is 8.20. The van der Waals surface area contributed by atoms with Crippen molar-refractivity contribution in [1.29, 1.82) is 0 Å². The van der Waals surface area contributed by atoms with Crippen LogP contribution in [0.1, 0.15) is 50.8 Å². The maximum atomic E-state index is 13.6. The second-order valence-electron chi connectivity index (χ2n) is 5.52. The third-order valence-corrected chi connectivity index (χ3v) is 5.38. The van der Waals surface area contributed by atoms with Crippen LogP contribution >= 0.6 is 11.8 Å². The highest BCUT2D eigenvalue weighted by atomic mass is 32.2. The van der Waals surface area contributed by atoms with Gasteiger partial charge in [0.1, 0.15) is 5.82 Å². The molecule has 1 atom stereocenters. The highest BCUT2D eigenvalue weighted by Crippen LogP contribution is 2.30. The third kappa shape index (κ3) is 3.17. The Kier molecular flexibility index (Phi) is 4.74. The van der Waals surface area contributed by atoms with E-state index in [1.54, 1.807) is 24.8 Å². The van der Waals surface area contributed by atoms with Gasteiger partial charge in [-0.05, 0) is 43.9 Å². The summed E-state index contributed by atoms with van der Waals surface area (Å²) < 4.78 is 13.6. The molecule has 0 saturated carbocycles. The van der Waals surface area contributed by atoms with Crippen LogP contribution in [0.3, 0.4) is 0 Å². The fraction of sp³-hybridized carbons (Fsp3) is 0.562. The van der Waals surface area contributed by atoms with E-state index in [-0.39, 0.29) is 17.4 Å². The SMILES string of the molecule is CCC1(CC)CSC(=NC(C)c2ccc(C)c(F)c2)N1. The van der Waals surface area contributed by atoms with Gasteiger partial charge in [0.05, 0.1) is 6.04 Å².